The molecule has 3 unspecified atom stereocenters. The molecule has 0 amide bonds. The zero-order valence-corrected chi connectivity index (χ0v) is 13.0. The first kappa shape index (κ1) is 14.3. The van der Waals surface area contributed by atoms with E-state index in [0.29, 0.717) is 16.0 Å². The second-order valence-electron chi connectivity index (χ2n) is 5.55. The van der Waals surface area contributed by atoms with Gasteiger partial charge in [0.1, 0.15) is 5.82 Å². The average molecular weight is 335 g/mol. The van der Waals surface area contributed by atoms with Crippen LogP contribution in [0.1, 0.15) is 38.7 Å². The fourth-order valence-corrected chi connectivity index (χ4v) is 3.40. The topological polar surface area (TPSA) is 26.0 Å². The van der Waals surface area contributed by atoms with Crippen LogP contribution in [-0.2, 0) is 5.54 Å². The van der Waals surface area contributed by atoms with Gasteiger partial charge >= 0.3 is 0 Å². The average Bonchev–Trinajstić information content (AvgIpc) is 2.31. The third-order valence-electron chi connectivity index (χ3n) is 4.19. The molecule has 1 aromatic rings. The lowest BCUT2D eigenvalue weighted by Crippen LogP contribution is -2.47. The number of nitrogens with two attached hydrogens (primary N) is 1. The molecule has 1 aliphatic rings. The molecule has 0 bridgehead atoms. The zero-order chi connectivity index (χ0) is 13.5. The minimum absolute atomic E-state index is 0.128. The quantitative estimate of drug-likeness (QED) is 0.730. The molecule has 4 heteroatoms. The first-order chi connectivity index (χ1) is 8.36. The first-order valence-corrected chi connectivity index (χ1v) is 7.46. The Balaban J connectivity index is 2.49. The number of hydrogen-bond acceptors (Lipinski definition) is 1. The van der Waals surface area contributed by atoms with Crippen LogP contribution < -0.4 is 5.73 Å². The molecule has 0 aromatic heterocycles. The Morgan fingerprint density at radius 1 is 1.39 bits per heavy atom. The molecule has 18 heavy (non-hydrogen) atoms. The summed E-state index contributed by atoms with van der Waals surface area (Å²) in [5.74, 6) is 0.406. The highest BCUT2D eigenvalue weighted by atomic mass is 79.9. The maximum atomic E-state index is 14.4. The molecule has 3 atom stereocenters. The zero-order valence-electron chi connectivity index (χ0n) is 10.6. The van der Waals surface area contributed by atoms with E-state index in [9.17, 15) is 4.39 Å². The molecular formula is C14H18BrClFN. The minimum atomic E-state index is -0.605. The van der Waals surface area contributed by atoms with Crippen LogP contribution in [0.4, 0.5) is 4.39 Å². The Labute approximate surface area is 121 Å². The smallest absolute Gasteiger partial charge is 0.147 e. The van der Waals surface area contributed by atoms with Crippen molar-refractivity contribution in [1.29, 1.82) is 0 Å². The van der Waals surface area contributed by atoms with E-state index < -0.39 is 5.54 Å². The van der Waals surface area contributed by atoms with Crippen molar-refractivity contribution in [3.8, 4) is 0 Å². The van der Waals surface area contributed by atoms with Gasteiger partial charge in [-0.3, -0.25) is 0 Å². The lowest BCUT2D eigenvalue weighted by atomic mass is 9.67. The summed E-state index contributed by atoms with van der Waals surface area (Å²) in [5.41, 5.74) is 6.47. The predicted octanol–water partition coefficient (Wildman–Crippen LogP) is 4.85. The van der Waals surface area contributed by atoms with E-state index in [4.69, 9.17) is 17.3 Å². The van der Waals surface area contributed by atoms with Crippen LogP contribution in [0.15, 0.2) is 16.6 Å². The maximum absolute atomic E-state index is 14.4. The summed E-state index contributed by atoms with van der Waals surface area (Å²) in [6.45, 7) is 4.27. The molecule has 0 aliphatic heterocycles. The van der Waals surface area contributed by atoms with Crippen molar-refractivity contribution in [3.63, 3.8) is 0 Å². The van der Waals surface area contributed by atoms with Crippen molar-refractivity contribution in [2.75, 3.05) is 0 Å². The Bertz CT molecular complexity index is 465. The molecule has 0 saturated heterocycles. The van der Waals surface area contributed by atoms with Gasteiger partial charge in [-0.05, 0) is 46.7 Å². The highest BCUT2D eigenvalue weighted by molar-refractivity contribution is 9.10. The van der Waals surface area contributed by atoms with Gasteiger partial charge in [-0.15, -0.1) is 0 Å². The van der Waals surface area contributed by atoms with Crippen LogP contribution >= 0.6 is 27.5 Å². The molecule has 1 saturated carbocycles. The molecule has 1 nitrogen and oxygen atoms in total. The van der Waals surface area contributed by atoms with E-state index in [0.717, 1.165) is 19.3 Å². The van der Waals surface area contributed by atoms with Crippen molar-refractivity contribution in [1.82, 2.24) is 0 Å². The predicted molar refractivity (Wildman–Crippen MR) is 77.2 cm³/mol. The van der Waals surface area contributed by atoms with E-state index in [1.165, 1.54) is 0 Å². The first-order valence-electron chi connectivity index (χ1n) is 6.29. The molecule has 1 fully saturated rings. The lowest BCUT2D eigenvalue weighted by molar-refractivity contribution is 0.157. The molecule has 1 aromatic carbocycles. The van der Waals surface area contributed by atoms with E-state index in [1.54, 1.807) is 12.1 Å². The van der Waals surface area contributed by atoms with Gasteiger partial charge < -0.3 is 5.73 Å². The van der Waals surface area contributed by atoms with E-state index >= 15 is 0 Å². The van der Waals surface area contributed by atoms with E-state index in [-0.39, 0.29) is 16.8 Å². The maximum Gasteiger partial charge on any atom is 0.147 e. The Morgan fingerprint density at radius 2 is 2.06 bits per heavy atom. The fourth-order valence-electron chi connectivity index (χ4n) is 2.93. The monoisotopic (exact) mass is 333 g/mol. The molecule has 100 valence electrons. The third-order valence-corrected chi connectivity index (χ3v) is 5.45. The highest BCUT2D eigenvalue weighted by Crippen LogP contribution is 2.44. The molecule has 1 aliphatic carbocycles. The van der Waals surface area contributed by atoms with Crippen LogP contribution in [0, 0.1) is 17.7 Å². The van der Waals surface area contributed by atoms with Gasteiger partial charge in [-0.25, -0.2) is 4.39 Å². The summed E-state index contributed by atoms with van der Waals surface area (Å²) >= 11 is 9.21. The van der Waals surface area contributed by atoms with E-state index in [2.05, 4.69) is 29.8 Å². The molecular weight excluding hydrogens is 317 g/mol. The summed E-state index contributed by atoms with van der Waals surface area (Å²) in [6, 6.07) is 3.54. The Hall–Kier alpha value is -0.120. The van der Waals surface area contributed by atoms with Crippen LogP contribution in [0.25, 0.3) is 0 Å². The van der Waals surface area contributed by atoms with Crippen molar-refractivity contribution < 1.29 is 4.39 Å². The lowest BCUT2D eigenvalue weighted by Gasteiger charge is -2.43. The van der Waals surface area contributed by atoms with Crippen molar-refractivity contribution >= 4 is 27.5 Å². The molecule has 2 N–H and O–H groups in total. The Kier molecular flexibility index (Phi) is 4.05. The standard InChI is InChI=1S/C14H18BrClFN/c1-8-3-4-9(2)14(18,7-8)10-5-6-11(15)12(16)13(10)17/h5-6,8-9H,3-4,7,18H2,1-2H3. The van der Waals surface area contributed by atoms with Crippen molar-refractivity contribution in [3.05, 3.63) is 33.0 Å². The van der Waals surface area contributed by atoms with Gasteiger partial charge in [-0.1, -0.05) is 37.9 Å². The van der Waals surface area contributed by atoms with Gasteiger partial charge in [0.2, 0.25) is 0 Å². The van der Waals surface area contributed by atoms with Crippen molar-refractivity contribution in [2.45, 2.75) is 38.6 Å². The molecule has 0 spiro atoms. The number of halogens is 3. The van der Waals surface area contributed by atoms with Gasteiger partial charge in [0.05, 0.1) is 5.02 Å². The van der Waals surface area contributed by atoms with Crippen molar-refractivity contribution in [2.24, 2.45) is 17.6 Å². The van der Waals surface area contributed by atoms with Crippen LogP contribution in [0.3, 0.4) is 0 Å². The molecule has 0 heterocycles. The highest BCUT2D eigenvalue weighted by Gasteiger charge is 2.40. The van der Waals surface area contributed by atoms with Crippen LogP contribution in [-0.4, -0.2) is 0 Å². The summed E-state index contributed by atoms with van der Waals surface area (Å²) in [7, 11) is 0. The summed E-state index contributed by atoms with van der Waals surface area (Å²) < 4.78 is 14.9. The molecule has 0 radical (unpaired) electrons. The largest absolute Gasteiger partial charge is 0.321 e. The minimum Gasteiger partial charge on any atom is -0.321 e. The second-order valence-corrected chi connectivity index (χ2v) is 6.78. The normalized spacial score (nSPS) is 32.6. The number of rotatable bonds is 1. The Morgan fingerprint density at radius 3 is 2.72 bits per heavy atom. The number of hydrogen-bond donors (Lipinski definition) is 1. The SMILES string of the molecule is CC1CCC(C)C(N)(c2ccc(Br)c(Cl)c2F)C1. The van der Waals surface area contributed by atoms with Gasteiger partial charge in [0.15, 0.2) is 0 Å². The molecule has 2 rings (SSSR count). The van der Waals surface area contributed by atoms with Gasteiger partial charge in [-0.2, -0.15) is 0 Å². The van der Waals surface area contributed by atoms with Crippen LogP contribution in [0.2, 0.25) is 5.02 Å². The number of benzene rings is 1. The van der Waals surface area contributed by atoms with Crippen LogP contribution in [0.5, 0.6) is 0 Å². The van der Waals surface area contributed by atoms with Gasteiger partial charge in [0.25, 0.3) is 0 Å². The summed E-state index contributed by atoms with van der Waals surface area (Å²) in [6.07, 6.45) is 3.00. The summed E-state index contributed by atoms with van der Waals surface area (Å²) in [4.78, 5) is 0. The van der Waals surface area contributed by atoms with E-state index in [1.807, 2.05) is 0 Å². The second kappa shape index (κ2) is 5.10. The third kappa shape index (κ3) is 2.33. The summed E-state index contributed by atoms with van der Waals surface area (Å²) in [5, 5.41) is 0.128. The fraction of sp³-hybridized carbons (Fsp3) is 0.571. The van der Waals surface area contributed by atoms with Gasteiger partial charge in [0, 0.05) is 15.6 Å².